The van der Waals surface area contributed by atoms with E-state index in [1.54, 1.807) is 6.07 Å². The van der Waals surface area contributed by atoms with Crippen LogP contribution in [0.4, 0.5) is 0 Å². The first-order valence-electron chi connectivity index (χ1n) is 5.27. The third-order valence-corrected chi connectivity index (χ3v) is 3.99. The van der Waals surface area contributed by atoms with Crippen LogP contribution in [0.1, 0.15) is 23.3 Å². The minimum Gasteiger partial charge on any atom is -0.348 e. The van der Waals surface area contributed by atoms with Crippen LogP contribution < -0.4 is 5.32 Å². The normalized spacial score (nSPS) is 17.1. The average Bonchev–Trinajstić information content (AvgIpc) is 2.30. The zero-order valence-corrected chi connectivity index (χ0v) is 11.2. The molecule has 16 heavy (non-hydrogen) atoms. The van der Waals surface area contributed by atoms with Crippen LogP contribution in [0.15, 0.2) is 22.8 Å². The van der Waals surface area contributed by atoms with Crippen LogP contribution in [0.25, 0.3) is 0 Å². The van der Waals surface area contributed by atoms with E-state index in [0.29, 0.717) is 16.3 Å². The number of nitrogens with one attached hydrogen (secondary N) is 1. The van der Waals surface area contributed by atoms with Crippen molar-refractivity contribution in [1.82, 2.24) is 10.3 Å². The number of nitrogens with zero attached hydrogens (tertiary/aromatic N) is 1. The number of halogens is 1. The number of hydrogen-bond donors (Lipinski definition) is 1. The molecule has 1 amide bonds. The number of carbonyl (C=O) groups excluding carboxylic acids is 1. The van der Waals surface area contributed by atoms with Gasteiger partial charge in [-0.25, -0.2) is 4.98 Å². The third kappa shape index (κ3) is 3.22. The van der Waals surface area contributed by atoms with E-state index in [4.69, 9.17) is 0 Å². The topological polar surface area (TPSA) is 42.0 Å². The summed E-state index contributed by atoms with van der Waals surface area (Å²) < 4.78 is 0.694. The van der Waals surface area contributed by atoms with E-state index in [9.17, 15) is 4.79 Å². The molecule has 0 atom stereocenters. The Kier molecular flexibility index (Phi) is 4.23. The second kappa shape index (κ2) is 5.68. The molecule has 3 nitrogen and oxygen atoms in total. The van der Waals surface area contributed by atoms with Gasteiger partial charge in [-0.15, -0.1) is 0 Å². The molecule has 0 radical (unpaired) electrons. The number of pyridine rings is 1. The molecule has 1 aliphatic heterocycles. The summed E-state index contributed by atoms with van der Waals surface area (Å²) in [5.41, 5.74) is 0.479. The Labute approximate surface area is 108 Å². The molecule has 1 aromatic heterocycles. The van der Waals surface area contributed by atoms with E-state index in [1.165, 1.54) is 0 Å². The second-order valence-corrected chi connectivity index (χ2v) is 5.74. The van der Waals surface area contributed by atoms with Gasteiger partial charge in [-0.1, -0.05) is 6.07 Å². The Bertz CT molecular complexity index is 380. The van der Waals surface area contributed by atoms with Crippen molar-refractivity contribution in [2.45, 2.75) is 18.9 Å². The molecule has 5 heteroatoms. The van der Waals surface area contributed by atoms with Gasteiger partial charge in [0.15, 0.2) is 0 Å². The van der Waals surface area contributed by atoms with Gasteiger partial charge < -0.3 is 5.32 Å². The van der Waals surface area contributed by atoms with Gasteiger partial charge in [0.05, 0.1) is 0 Å². The van der Waals surface area contributed by atoms with Gasteiger partial charge in [-0.3, -0.25) is 4.79 Å². The highest BCUT2D eigenvalue weighted by Gasteiger charge is 2.17. The Morgan fingerprint density at radius 2 is 2.19 bits per heavy atom. The largest absolute Gasteiger partial charge is 0.348 e. The highest BCUT2D eigenvalue weighted by molar-refractivity contribution is 9.10. The molecule has 1 fully saturated rings. The van der Waals surface area contributed by atoms with Crippen molar-refractivity contribution in [3.05, 3.63) is 28.5 Å². The van der Waals surface area contributed by atoms with Gasteiger partial charge in [-0.2, -0.15) is 11.8 Å². The molecular formula is C11H13BrN2OS. The van der Waals surface area contributed by atoms with Crippen LogP contribution in [0.2, 0.25) is 0 Å². The summed E-state index contributed by atoms with van der Waals surface area (Å²) in [4.78, 5) is 16.0. The van der Waals surface area contributed by atoms with Crippen molar-refractivity contribution in [3.8, 4) is 0 Å². The number of rotatable bonds is 2. The van der Waals surface area contributed by atoms with Crippen molar-refractivity contribution in [1.29, 1.82) is 0 Å². The maximum atomic E-state index is 11.9. The summed E-state index contributed by atoms with van der Waals surface area (Å²) in [6, 6.07) is 5.68. The standard InChI is InChI=1S/C11H13BrN2OS/c12-10-3-1-2-9(14-10)11(15)13-8-4-6-16-7-5-8/h1-3,8H,4-7H2,(H,13,15). The van der Waals surface area contributed by atoms with E-state index in [0.717, 1.165) is 24.3 Å². The first kappa shape index (κ1) is 11.9. The number of amides is 1. The molecule has 86 valence electrons. The van der Waals surface area contributed by atoms with Crippen LogP contribution in [0.5, 0.6) is 0 Å². The summed E-state index contributed by atoms with van der Waals surface area (Å²) in [5, 5.41) is 3.03. The Balaban J connectivity index is 1.97. The zero-order valence-electron chi connectivity index (χ0n) is 8.78. The van der Waals surface area contributed by atoms with Crippen molar-refractivity contribution < 1.29 is 4.79 Å². The first-order chi connectivity index (χ1) is 7.75. The molecule has 2 rings (SSSR count). The van der Waals surface area contributed by atoms with Crippen LogP contribution in [-0.4, -0.2) is 28.4 Å². The lowest BCUT2D eigenvalue weighted by Crippen LogP contribution is -2.37. The van der Waals surface area contributed by atoms with Crippen LogP contribution in [0, 0.1) is 0 Å². The van der Waals surface area contributed by atoms with E-state index < -0.39 is 0 Å². The highest BCUT2D eigenvalue weighted by Crippen LogP contribution is 2.17. The fraction of sp³-hybridized carbons (Fsp3) is 0.455. The fourth-order valence-electron chi connectivity index (χ4n) is 1.64. The number of thioether (sulfide) groups is 1. The van der Waals surface area contributed by atoms with Crippen molar-refractivity contribution in [2.24, 2.45) is 0 Å². The maximum Gasteiger partial charge on any atom is 0.270 e. The molecule has 0 unspecified atom stereocenters. The highest BCUT2D eigenvalue weighted by atomic mass is 79.9. The summed E-state index contributed by atoms with van der Waals surface area (Å²) in [6.45, 7) is 0. The van der Waals surface area contributed by atoms with Gasteiger partial charge in [0.2, 0.25) is 0 Å². The minimum absolute atomic E-state index is 0.0711. The Hall–Kier alpha value is -0.550. The van der Waals surface area contributed by atoms with Crippen molar-refractivity contribution in [2.75, 3.05) is 11.5 Å². The van der Waals surface area contributed by atoms with E-state index in [-0.39, 0.29) is 5.91 Å². The predicted molar refractivity (Wildman–Crippen MR) is 69.8 cm³/mol. The molecule has 1 saturated heterocycles. The molecule has 1 aliphatic rings. The van der Waals surface area contributed by atoms with Gasteiger partial charge in [-0.05, 0) is 52.4 Å². The van der Waals surface area contributed by atoms with Crippen molar-refractivity contribution >= 4 is 33.6 Å². The smallest absolute Gasteiger partial charge is 0.270 e. The third-order valence-electron chi connectivity index (χ3n) is 2.50. The monoisotopic (exact) mass is 300 g/mol. The van der Waals surface area contributed by atoms with E-state index in [1.807, 2.05) is 23.9 Å². The molecule has 0 saturated carbocycles. The molecular weight excluding hydrogens is 288 g/mol. The molecule has 0 spiro atoms. The molecule has 1 N–H and O–H groups in total. The quantitative estimate of drug-likeness (QED) is 0.853. The molecule has 0 aliphatic carbocycles. The molecule has 2 heterocycles. The van der Waals surface area contributed by atoms with Gasteiger partial charge >= 0.3 is 0 Å². The number of hydrogen-bond acceptors (Lipinski definition) is 3. The summed E-state index contributed by atoms with van der Waals surface area (Å²) in [6.07, 6.45) is 2.12. The minimum atomic E-state index is -0.0711. The maximum absolute atomic E-state index is 11.9. The average molecular weight is 301 g/mol. The van der Waals surface area contributed by atoms with Gasteiger partial charge in [0.1, 0.15) is 10.3 Å². The Morgan fingerprint density at radius 3 is 2.88 bits per heavy atom. The van der Waals surface area contributed by atoms with Crippen LogP contribution >= 0.6 is 27.7 Å². The lowest BCUT2D eigenvalue weighted by molar-refractivity contribution is 0.0929. The van der Waals surface area contributed by atoms with Crippen LogP contribution in [0.3, 0.4) is 0 Å². The zero-order chi connectivity index (χ0) is 11.4. The number of aromatic nitrogens is 1. The van der Waals surface area contributed by atoms with E-state index in [2.05, 4.69) is 26.2 Å². The fourth-order valence-corrected chi connectivity index (χ4v) is 3.09. The molecule has 0 bridgehead atoms. The second-order valence-electron chi connectivity index (χ2n) is 3.71. The van der Waals surface area contributed by atoms with E-state index >= 15 is 0 Å². The summed E-state index contributed by atoms with van der Waals surface area (Å²) in [5.74, 6) is 2.20. The molecule has 1 aromatic rings. The van der Waals surface area contributed by atoms with Gasteiger partial charge in [0.25, 0.3) is 5.91 Å². The van der Waals surface area contributed by atoms with Crippen molar-refractivity contribution in [3.63, 3.8) is 0 Å². The lowest BCUT2D eigenvalue weighted by Gasteiger charge is -2.22. The predicted octanol–water partition coefficient (Wildman–Crippen LogP) is 2.47. The SMILES string of the molecule is O=C(NC1CCSCC1)c1cccc(Br)n1. The first-order valence-corrected chi connectivity index (χ1v) is 7.21. The Morgan fingerprint density at radius 1 is 1.44 bits per heavy atom. The number of carbonyl (C=O) groups is 1. The summed E-state index contributed by atoms with van der Waals surface area (Å²) in [7, 11) is 0. The lowest BCUT2D eigenvalue weighted by atomic mass is 10.1. The van der Waals surface area contributed by atoms with Gasteiger partial charge in [0, 0.05) is 6.04 Å². The molecule has 0 aromatic carbocycles. The van der Waals surface area contributed by atoms with Crippen LogP contribution in [-0.2, 0) is 0 Å². The summed E-state index contributed by atoms with van der Waals surface area (Å²) >= 11 is 5.21.